The molecule has 1 heterocycles. The highest BCUT2D eigenvalue weighted by Crippen LogP contribution is 2.21. The van der Waals surface area contributed by atoms with Crippen LogP contribution in [0.2, 0.25) is 0 Å². The predicted octanol–water partition coefficient (Wildman–Crippen LogP) is 1.68. The third-order valence-corrected chi connectivity index (χ3v) is 2.85. The van der Waals surface area contributed by atoms with Gasteiger partial charge in [0.25, 0.3) is 0 Å². The van der Waals surface area contributed by atoms with Crippen molar-refractivity contribution in [1.82, 2.24) is 9.88 Å². The van der Waals surface area contributed by atoms with Crippen LogP contribution in [0.5, 0.6) is 5.75 Å². The fourth-order valence-electron chi connectivity index (χ4n) is 1.91. The molecular weight excluding hydrogens is 242 g/mol. The number of benzene rings is 1. The number of hydrogen-bond acceptors (Lipinski definition) is 3. The van der Waals surface area contributed by atoms with Gasteiger partial charge >= 0.3 is 0 Å². The second-order valence-corrected chi connectivity index (χ2v) is 4.13. The van der Waals surface area contributed by atoms with Gasteiger partial charge in [-0.2, -0.15) is 5.26 Å². The van der Waals surface area contributed by atoms with E-state index in [9.17, 15) is 4.79 Å². The molecule has 1 N–H and O–H groups in total. The standard InChI is InChI=1S/C14H15N3O2/c1-19-12-3-4-13-11(9-12)5-8-17(13)10-14(18)16-7-2-6-15/h3-5,8-9H,2,7,10H2,1H3,(H,16,18). The van der Waals surface area contributed by atoms with Crippen molar-refractivity contribution in [2.24, 2.45) is 0 Å². The molecule has 2 aromatic rings. The van der Waals surface area contributed by atoms with E-state index in [0.717, 1.165) is 16.7 Å². The number of rotatable bonds is 5. The van der Waals surface area contributed by atoms with Gasteiger partial charge in [-0.1, -0.05) is 0 Å². The second-order valence-electron chi connectivity index (χ2n) is 4.13. The maximum Gasteiger partial charge on any atom is 0.239 e. The van der Waals surface area contributed by atoms with Crippen LogP contribution >= 0.6 is 0 Å². The number of amides is 1. The number of nitrogens with zero attached hydrogens (tertiary/aromatic N) is 2. The van der Waals surface area contributed by atoms with E-state index in [1.54, 1.807) is 7.11 Å². The number of methoxy groups -OCH3 is 1. The maximum absolute atomic E-state index is 11.7. The molecule has 0 saturated heterocycles. The molecule has 1 aromatic carbocycles. The highest BCUT2D eigenvalue weighted by atomic mass is 16.5. The third-order valence-electron chi connectivity index (χ3n) is 2.85. The van der Waals surface area contributed by atoms with Crippen molar-refractivity contribution < 1.29 is 9.53 Å². The van der Waals surface area contributed by atoms with E-state index in [1.807, 2.05) is 41.1 Å². The molecule has 0 aliphatic carbocycles. The molecule has 0 unspecified atom stereocenters. The summed E-state index contributed by atoms with van der Waals surface area (Å²) in [4.78, 5) is 11.7. The first-order chi connectivity index (χ1) is 9.24. The molecule has 0 saturated carbocycles. The Morgan fingerprint density at radius 3 is 3.05 bits per heavy atom. The van der Waals surface area contributed by atoms with E-state index in [-0.39, 0.29) is 12.5 Å². The molecule has 0 atom stereocenters. The van der Waals surface area contributed by atoms with Gasteiger partial charge in [0.2, 0.25) is 5.91 Å². The Labute approximate surface area is 111 Å². The molecule has 5 heteroatoms. The van der Waals surface area contributed by atoms with Crippen molar-refractivity contribution in [1.29, 1.82) is 5.26 Å². The summed E-state index contributed by atoms with van der Waals surface area (Å²) in [6.07, 6.45) is 2.20. The van der Waals surface area contributed by atoms with Crippen LogP contribution in [-0.4, -0.2) is 24.1 Å². The van der Waals surface area contributed by atoms with Crippen molar-refractivity contribution in [3.63, 3.8) is 0 Å². The number of carbonyl (C=O) groups is 1. The van der Waals surface area contributed by atoms with E-state index in [1.165, 1.54) is 0 Å². The summed E-state index contributed by atoms with van der Waals surface area (Å²) in [5, 5.41) is 12.1. The van der Waals surface area contributed by atoms with E-state index in [2.05, 4.69) is 5.32 Å². The molecular formula is C14H15N3O2. The zero-order chi connectivity index (χ0) is 13.7. The molecule has 5 nitrogen and oxygen atoms in total. The Hall–Kier alpha value is -2.48. The number of hydrogen-bond donors (Lipinski definition) is 1. The number of ether oxygens (including phenoxy) is 1. The predicted molar refractivity (Wildman–Crippen MR) is 71.7 cm³/mol. The average Bonchev–Trinajstić information content (AvgIpc) is 2.81. The highest BCUT2D eigenvalue weighted by molar-refractivity contribution is 5.84. The first kappa shape index (κ1) is 13.0. The van der Waals surface area contributed by atoms with Crippen molar-refractivity contribution in [3.05, 3.63) is 30.5 Å². The zero-order valence-corrected chi connectivity index (χ0v) is 10.7. The fourth-order valence-corrected chi connectivity index (χ4v) is 1.91. The highest BCUT2D eigenvalue weighted by Gasteiger charge is 2.06. The summed E-state index contributed by atoms with van der Waals surface area (Å²) >= 11 is 0. The van der Waals surface area contributed by atoms with Crippen LogP contribution in [0.3, 0.4) is 0 Å². The summed E-state index contributed by atoms with van der Waals surface area (Å²) in [6.45, 7) is 0.642. The molecule has 0 bridgehead atoms. The van der Waals surface area contributed by atoms with E-state index >= 15 is 0 Å². The lowest BCUT2D eigenvalue weighted by Gasteiger charge is -2.06. The Balaban J connectivity index is 2.09. The minimum absolute atomic E-state index is 0.0939. The Morgan fingerprint density at radius 1 is 1.47 bits per heavy atom. The number of carbonyl (C=O) groups excluding carboxylic acids is 1. The topological polar surface area (TPSA) is 67.0 Å². The Kier molecular flexibility index (Phi) is 4.04. The van der Waals surface area contributed by atoms with Gasteiger partial charge in [0.05, 0.1) is 19.6 Å². The summed E-state index contributed by atoms with van der Waals surface area (Å²) in [5.74, 6) is 0.701. The van der Waals surface area contributed by atoms with Gasteiger partial charge in [-0.15, -0.1) is 0 Å². The van der Waals surface area contributed by atoms with Crippen LogP contribution in [0.25, 0.3) is 10.9 Å². The monoisotopic (exact) mass is 257 g/mol. The molecule has 19 heavy (non-hydrogen) atoms. The Bertz CT molecular complexity index is 625. The van der Waals surface area contributed by atoms with E-state index in [4.69, 9.17) is 10.00 Å². The van der Waals surface area contributed by atoms with Gasteiger partial charge in [0.1, 0.15) is 12.3 Å². The number of aromatic nitrogens is 1. The van der Waals surface area contributed by atoms with Crippen LogP contribution in [0, 0.1) is 11.3 Å². The van der Waals surface area contributed by atoms with Crippen molar-refractivity contribution in [3.8, 4) is 11.8 Å². The van der Waals surface area contributed by atoms with Gasteiger partial charge in [-0.05, 0) is 24.3 Å². The van der Waals surface area contributed by atoms with Crippen molar-refractivity contribution in [2.45, 2.75) is 13.0 Å². The van der Waals surface area contributed by atoms with Gasteiger partial charge < -0.3 is 14.6 Å². The summed E-state index contributed by atoms with van der Waals surface area (Å²) in [6, 6.07) is 9.66. The smallest absolute Gasteiger partial charge is 0.239 e. The van der Waals surface area contributed by atoms with Crippen LogP contribution in [-0.2, 0) is 11.3 Å². The summed E-state index contributed by atoms with van der Waals surface area (Å²) in [7, 11) is 1.63. The summed E-state index contributed by atoms with van der Waals surface area (Å²) in [5.41, 5.74) is 0.983. The fraction of sp³-hybridized carbons (Fsp3) is 0.286. The molecule has 1 amide bonds. The van der Waals surface area contributed by atoms with Crippen molar-refractivity contribution >= 4 is 16.8 Å². The molecule has 2 rings (SSSR count). The number of nitriles is 1. The third kappa shape index (κ3) is 3.05. The lowest BCUT2D eigenvalue weighted by Crippen LogP contribution is -2.27. The Morgan fingerprint density at radius 2 is 2.32 bits per heavy atom. The number of fused-ring (bicyclic) bond motifs is 1. The minimum Gasteiger partial charge on any atom is -0.497 e. The largest absolute Gasteiger partial charge is 0.497 e. The molecule has 0 aliphatic rings. The van der Waals surface area contributed by atoms with Crippen LogP contribution in [0.4, 0.5) is 0 Å². The van der Waals surface area contributed by atoms with Crippen LogP contribution in [0.15, 0.2) is 30.5 Å². The maximum atomic E-state index is 11.7. The molecule has 0 spiro atoms. The van der Waals surface area contributed by atoms with Crippen LogP contribution in [0.1, 0.15) is 6.42 Å². The van der Waals surface area contributed by atoms with Crippen LogP contribution < -0.4 is 10.1 Å². The average molecular weight is 257 g/mol. The molecule has 0 radical (unpaired) electrons. The number of nitrogens with one attached hydrogen (secondary N) is 1. The SMILES string of the molecule is COc1ccc2c(ccn2CC(=O)NCCC#N)c1. The van der Waals surface area contributed by atoms with Gasteiger partial charge in [-0.25, -0.2) is 0 Å². The molecule has 1 aromatic heterocycles. The molecule has 98 valence electrons. The van der Waals surface area contributed by atoms with Gasteiger partial charge in [0.15, 0.2) is 0 Å². The van der Waals surface area contributed by atoms with Gasteiger partial charge in [0, 0.05) is 23.6 Å². The van der Waals surface area contributed by atoms with E-state index in [0.29, 0.717) is 13.0 Å². The van der Waals surface area contributed by atoms with E-state index < -0.39 is 0 Å². The lowest BCUT2D eigenvalue weighted by atomic mass is 10.2. The first-order valence-electron chi connectivity index (χ1n) is 6.01. The molecule has 0 fully saturated rings. The second kappa shape index (κ2) is 5.91. The van der Waals surface area contributed by atoms with Gasteiger partial charge in [-0.3, -0.25) is 4.79 Å². The normalized spacial score (nSPS) is 10.1. The molecule has 0 aliphatic heterocycles. The van der Waals surface area contributed by atoms with Crippen molar-refractivity contribution in [2.75, 3.05) is 13.7 Å². The quantitative estimate of drug-likeness (QED) is 0.829. The first-order valence-corrected chi connectivity index (χ1v) is 6.01. The minimum atomic E-state index is -0.0939. The zero-order valence-electron chi connectivity index (χ0n) is 10.7. The lowest BCUT2D eigenvalue weighted by molar-refractivity contribution is -0.121. The summed E-state index contributed by atoms with van der Waals surface area (Å²) < 4.78 is 7.03.